The summed E-state index contributed by atoms with van der Waals surface area (Å²) in [7, 11) is 2.02. The Hall–Kier alpha value is -0.410. The standard InChI is InChI=1S/C14H24N2S/c1-11-13(9-6-10-15-2)17-14(16-11)12-7-4-3-5-8-12/h12,15H,3-10H2,1-2H3. The summed E-state index contributed by atoms with van der Waals surface area (Å²) in [6, 6.07) is 0. The summed E-state index contributed by atoms with van der Waals surface area (Å²) in [6.45, 7) is 3.29. The summed E-state index contributed by atoms with van der Waals surface area (Å²) in [6.07, 6.45) is 9.37. The van der Waals surface area contributed by atoms with Crippen LogP contribution in [0, 0.1) is 6.92 Å². The molecule has 0 atom stereocenters. The number of rotatable bonds is 5. The van der Waals surface area contributed by atoms with E-state index in [9.17, 15) is 0 Å². The number of thiazole rings is 1. The van der Waals surface area contributed by atoms with Crippen molar-refractivity contribution < 1.29 is 0 Å². The third kappa shape index (κ3) is 3.52. The van der Waals surface area contributed by atoms with Crippen molar-refractivity contribution in [1.82, 2.24) is 10.3 Å². The Morgan fingerprint density at radius 2 is 2.06 bits per heavy atom. The van der Waals surface area contributed by atoms with E-state index < -0.39 is 0 Å². The molecule has 1 N–H and O–H groups in total. The third-order valence-corrected chi connectivity index (χ3v) is 5.07. The van der Waals surface area contributed by atoms with Gasteiger partial charge in [-0.3, -0.25) is 0 Å². The maximum Gasteiger partial charge on any atom is 0.0961 e. The number of aromatic nitrogens is 1. The molecule has 1 heterocycles. The van der Waals surface area contributed by atoms with Gasteiger partial charge in [0.15, 0.2) is 0 Å². The van der Waals surface area contributed by atoms with Gasteiger partial charge in [-0.2, -0.15) is 0 Å². The second-order valence-corrected chi connectivity index (χ2v) is 6.22. The van der Waals surface area contributed by atoms with Crippen LogP contribution in [0.15, 0.2) is 0 Å². The van der Waals surface area contributed by atoms with Crippen LogP contribution >= 0.6 is 11.3 Å². The first-order valence-electron chi connectivity index (χ1n) is 6.92. The van der Waals surface area contributed by atoms with Crippen LogP contribution in [0.3, 0.4) is 0 Å². The molecule has 2 nitrogen and oxygen atoms in total. The lowest BCUT2D eigenvalue weighted by Gasteiger charge is -2.18. The quantitative estimate of drug-likeness (QED) is 0.809. The Bertz CT molecular complexity index is 340. The maximum atomic E-state index is 4.81. The van der Waals surface area contributed by atoms with Gasteiger partial charge >= 0.3 is 0 Å². The first kappa shape index (κ1) is 13.0. The van der Waals surface area contributed by atoms with Crippen molar-refractivity contribution in [2.24, 2.45) is 0 Å². The molecule has 0 unspecified atom stereocenters. The van der Waals surface area contributed by atoms with E-state index in [2.05, 4.69) is 12.2 Å². The molecule has 3 heteroatoms. The minimum absolute atomic E-state index is 0.769. The molecule has 0 aliphatic heterocycles. The van der Waals surface area contributed by atoms with Crippen molar-refractivity contribution in [2.45, 2.75) is 57.8 Å². The zero-order chi connectivity index (χ0) is 12.1. The number of nitrogens with zero attached hydrogens (tertiary/aromatic N) is 1. The fraction of sp³-hybridized carbons (Fsp3) is 0.786. The highest BCUT2D eigenvalue weighted by Gasteiger charge is 2.19. The molecule has 0 bridgehead atoms. The Kier molecular flexibility index (Phi) is 4.99. The van der Waals surface area contributed by atoms with Gasteiger partial charge in [-0.15, -0.1) is 11.3 Å². The topological polar surface area (TPSA) is 24.9 Å². The number of nitrogens with one attached hydrogen (secondary N) is 1. The summed E-state index contributed by atoms with van der Waals surface area (Å²) >= 11 is 1.98. The molecule has 96 valence electrons. The average Bonchev–Trinajstić information content (AvgIpc) is 2.73. The molecule has 1 fully saturated rings. The fourth-order valence-electron chi connectivity index (χ4n) is 2.63. The van der Waals surface area contributed by atoms with Crippen LogP contribution in [0.4, 0.5) is 0 Å². The monoisotopic (exact) mass is 252 g/mol. The Morgan fingerprint density at radius 3 is 2.76 bits per heavy atom. The van der Waals surface area contributed by atoms with Gasteiger partial charge in [0.1, 0.15) is 0 Å². The molecular weight excluding hydrogens is 228 g/mol. The molecule has 0 saturated heterocycles. The normalized spacial score (nSPS) is 17.5. The second-order valence-electron chi connectivity index (χ2n) is 5.10. The molecule has 1 saturated carbocycles. The highest BCUT2D eigenvalue weighted by Crippen LogP contribution is 2.36. The summed E-state index contributed by atoms with van der Waals surface area (Å²) < 4.78 is 0. The first-order chi connectivity index (χ1) is 8.31. The highest BCUT2D eigenvalue weighted by atomic mass is 32.1. The van der Waals surface area contributed by atoms with E-state index in [0.29, 0.717) is 0 Å². The molecule has 1 aromatic rings. The van der Waals surface area contributed by atoms with Crippen LogP contribution in [0.25, 0.3) is 0 Å². The van der Waals surface area contributed by atoms with E-state index in [1.807, 2.05) is 18.4 Å². The minimum atomic E-state index is 0.769. The molecule has 0 amide bonds. The van der Waals surface area contributed by atoms with Gasteiger partial charge in [0.2, 0.25) is 0 Å². The molecule has 1 aromatic heterocycles. The Morgan fingerprint density at radius 1 is 1.29 bits per heavy atom. The molecular formula is C14H24N2S. The van der Waals surface area contributed by atoms with Crippen molar-refractivity contribution >= 4 is 11.3 Å². The van der Waals surface area contributed by atoms with Crippen molar-refractivity contribution in [3.8, 4) is 0 Å². The minimum Gasteiger partial charge on any atom is -0.320 e. The molecule has 0 aromatic carbocycles. The van der Waals surface area contributed by atoms with E-state index in [0.717, 1.165) is 12.5 Å². The third-order valence-electron chi connectivity index (χ3n) is 3.69. The molecule has 17 heavy (non-hydrogen) atoms. The van der Waals surface area contributed by atoms with Crippen LogP contribution < -0.4 is 5.32 Å². The van der Waals surface area contributed by atoms with Gasteiger partial charge in [0, 0.05) is 10.8 Å². The van der Waals surface area contributed by atoms with Crippen molar-refractivity contribution in [2.75, 3.05) is 13.6 Å². The first-order valence-corrected chi connectivity index (χ1v) is 7.73. The molecule has 2 rings (SSSR count). The van der Waals surface area contributed by atoms with Gasteiger partial charge in [-0.25, -0.2) is 4.98 Å². The largest absolute Gasteiger partial charge is 0.320 e. The second kappa shape index (κ2) is 6.50. The summed E-state index contributed by atoms with van der Waals surface area (Å²) in [5, 5.41) is 4.63. The lowest BCUT2D eigenvalue weighted by atomic mass is 9.90. The Balaban J connectivity index is 1.96. The van der Waals surface area contributed by atoms with Gasteiger partial charge in [-0.05, 0) is 46.2 Å². The molecule has 1 aliphatic carbocycles. The van der Waals surface area contributed by atoms with Gasteiger partial charge in [0.25, 0.3) is 0 Å². The summed E-state index contributed by atoms with van der Waals surface area (Å²) in [5.41, 5.74) is 1.28. The van der Waals surface area contributed by atoms with Gasteiger partial charge < -0.3 is 5.32 Å². The highest BCUT2D eigenvalue weighted by molar-refractivity contribution is 7.11. The number of hydrogen-bond donors (Lipinski definition) is 1. The van der Waals surface area contributed by atoms with Crippen LogP contribution in [0.5, 0.6) is 0 Å². The smallest absolute Gasteiger partial charge is 0.0961 e. The van der Waals surface area contributed by atoms with Crippen molar-refractivity contribution in [1.29, 1.82) is 0 Å². The molecule has 0 radical (unpaired) electrons. The predicted molar refractivity (Wildman–Crippen MR) is 74.9 cm³/mol. The van der Waals surface area contributed by atoms with E-state index in [4.69, 9.17) is 4.98 Å². The van der Waals surface area contributed by atoms with E-state index >= 15 is 0 Å². The van der Waals surface area contributed by atoms with E-state index in [1.54, 1.807) is 0 Å². The van der Waals surface area contributed by atoms with E-state index in [-0.39, 0.29) is 0 Å². The van der Waals surface area contributed by atoms with Gasteiger partial charge in [-0.1, -0.05) is 19.3 Å². The lowest BCUT2D eigenvalue weighted by molar-refractivity contribution is 0.442. The molecule has 0 spiro atoms. The van der Waals surface area contributed by atoms with Gasteiger partial charge in [0.05, 0.1) is 10.7 Å². The van der Waals surface area contributed by atoms with E-state index in [1.165, 1.54) is 60.5 Å². The number of hydrogen-bond acceptors (Lipinski definition) is 3. The lowest BCUT2D eigenvalue weighted by Crippen LogP contribution is -2.08. The van der Waals surface area contributed by atoms with Crippen LogP contribution in [0.2, 0.25) is 0 Å². The van der Waals surface area contributed by atoms with Crippen molar-refractivity contribution in [3.63, 3.8) is 0 Å². The van der Waals surface area contributed by atoms with Crippen LogP contribution in [-0.2, 0) is 6.42 Å². The molecule has 1 aliphatic rings. The van der Waals surface area contributed by atoms with Crippen LogP contribution in [-0.4, -0.2) is 18.6 Å². The SMILES string of the molecule is CNCCCc1sc(C2CCCCC2)nc1C. The van der Waals surface area contributed by atoms with Crippen LogP contribution in [0.1, 0.15) is 60.0 Å². The van der Waals surface area contributed by atoms with Crippen molar-refractivity contribution in [3.05, 3.63) is 15.6 Å². The summed E-state index contributed by atoms with van der Waals surface area (Å²) in [4.78, 5) is 6.33. The average molecular weight is 252 g/mol. The number of aryl methyl sites for hydroxylation is 2. The maximum absolute atomic E-state index is 4.81. The fourth-order valence-corrected chi connectivity index (χ4v) is 3.91. The predicted octanol–water partition coefficient (Wildman–Crippen LogP) is 3.65. The zero-order valence-corrected chi connectivity index (χ0v) is 11.9. The zero-order valence-electron chi connectivity index (χ0n) is 11.1. The Labute approximate surface area is 109 Å². The summed E-state index contributed by atoms with van der Waals surface area (Å²) in [5.74, 6) is 0.769.